The van der Waals surface area contributed by atoms with Crippen LogP contribution in [0.15, 0.2) is 92.2 Å². The summed E-state index contributed by atoms with van der Waals surface area (Å²) in [7, 11) is 0. The molecule has 0 N–H and O–H groups in total. The molecule has 0 radical (unpaired) electrons. The van der Waals surface area contributed by atoms with Crippen molar-refractivity contribution >= 4 is 39.4 Å². The van der Waals surface area contributed by atoms with Crippen molar-refractivity contribution in [2.45, 2.75) is 0 Å². The highest BCUT2D eigenvalue weighted by molar-refractivity contribution is 9.10. The van der Waals surface area contributed by atoms with Gasteiger partial charge in [0, 0.05) is 20.6 Å². The lowest BCUT2D eigenvalue weighted by molar-refractivity contribution is 0.102. The van der Waals surface area contributed by atoms with Gasteiger partial charge in [-0.3, -0.25) is 4.79 Å². The number of allylic oxidation sites excluding steroid dienone is 1. The minimum absolute atomic E-state index is 0.234. The molecule has 3 nitrogen and oxygen atoms in total. The Morgan fingerprint density at radius 2 is 1.39 bits per heavy atom. The fraction of sp³-hybridized carbons (Fsp3) is 0. The van der Waals surface area contributed by atoms with Crippen molar-refractivity contribution in [3.8, 4) is 22.6 Å². The number of hydrogen-bond donors (Lipinski definition) is 0. The van der Waals surface area contributed by atoms with Gasteiger partial charge in [-0.1, -0.05) is 39.7 Å². The Balaban J connectivity index is 1.47. The zero-order valence-electron chi connectivity index (χ0n) is 14.6. The SMILES string of the molecule is O=C(C=Cc1ccc(-c2ccc(Br)cc2)o1)c1ccc(-c2ccc(Cl)cc2)o1. The van der Waals surface area contributed by atoms with Crippen LogP contribution in [0.4, 0.5) is 0 Å². The number of hydrogen-bond acceptors (Lipinski definition) is 3. The molecule has 0 aliphatic rings. The molecule has 0 aliphatic carbocycles. The number of carbonyl (C=O) groups excluding carboxylic acids is 1. The Morgan fingerprint density at radius 3 is 2.11 bits per heavy atom. The number of carbonyl (C=O) groups is 1. The summed E-state index contributed by atoms with van der Waals surface area (Å²) in [6.07, 6.45) is 3.07. The van der Waals surface area contributed by atoms with Crippen LogP contribution in [-0.2, 0) is 0 Å². The molecule has 0 amide bonds. The quantitative estimate of drug-likeness (QED) is 0.232. The summed E-state index contributed by atoms with van der Waals surface area (Å²) >= 11 is 9.31. The molecule has 4 rings (SSSR count). The Morgan fingerprint density at radius 1 is 0.786 bits per heavy atom. The molecule has 0 spiro atoms. The highest BCUT2D eigenvalue weighted by Crippen LogP contribution is 2.26. The van der Waals surface area contributed by atoms with Gasteiger partial charge in [0.25, 0.3) is 0 Å². The highest BCUT2D eigenvalue weighted by atomic mass is 79.9. The maximum Gasteiger partial charge on any atom is 0.221 e. The Kier molecular flexibility index (Phi) is 5.33. The molecule has 5 heteroatoms. The number of ketones is 1. The van der Waals surface area contributed by atoms with Crippen LogP contribution >= 0.6 is 27.5 Å². The standard InChI is InChI=1S/C23H14BrClO3/c24-17-5-1-15(2-6-17)21-12-10-19(27-21)9-11-20(26)23-14-13-22(28-23)16-3-7-18(25)8-4-16/h1-14H. The molecule has 0 saturated carbocycles. The smallest absolute Gasteiger partial charge is 0.221 e. The highest BCUT2D eigenvalue weighted by Gasteiger charge is 2.10. The molecule has 0 saturated heterocycles. The van der Waals surface area contributed by atoms with Gasteiger partial charge in [-0.2, -0.15) is 0 Å². The third-order valence-electron chi connectivity index (χ3n) is 4.13. The normalized spacial score (nSPS) is 11.2. The maximum atomic E-state index is 12.4. The second-order valence-corrected chi connectivity index (χ2v) is 7.43. The van der Waals surface area contributed by atoms with E-state index >= 15 is 0 Å². The third kappa shape index (κ3) is 4.19. The molecule has 0 bridgehead atoms. The largest absolute Gasteiger partial charge is 0.457 e. The summed E-state index contributed by atoms with van der Waals surface area (Å²) in [6, 6.07) is 22.2. The van der Waals surface area contributed by atoms with Crippen molar-refractivity contribution in [2.75, 3.05) is 0 Å². The summed E-state index contributed by atoms with van der Waals surface area (Å²) < 4.78 is 12.5. The van der Waals surface area contributed by atoms with E-state index in [9.17, 15) is 4.79 Å². The van der Waals surface area contributed by atoms with E-state index < -0.39 is 0 Å². The van der Waals surface area contributed by atoms with E-state index in [2.05, 4.69) is 15.9 Å². The van der Waals surface area contributed by atoms with Gasteiger partial charge in [0.1, 0.15) is 17.3 Å². The fourth-order valence-corrected chi connectivity index (χ4v) is 3.08. The van der Waals surface area contributed by atoms with Crippen LogP contribution in [0.1, 0.15) is 16.3 Å². The molecule has 4 aromatic rings. The number of furan rings is 2. The maximum absolute atomic E-state index is 12.4. The van der Waals surface area contributed by atoms with Gasteiger partial charge in [-0.15, -0.1) is 0 Å². The zero-order chi connectivity index (χ0) is 19.5. The lowest BCUT2D eigenvalue weighted by Crippen LogP contribution is -1.90. The van der Waals surface area contributed by atoms with Gasteiger partial charge in [0.2, 0.25) is 5.78 Å². The van der Waals surface area contributed by atoms with E-state index in [1.165, 1.54) is 6.08 Å². The number of benzene rings is 2. The number of halogens is 2. The van der Waals surface area contributed by atoms with Gasteiger partial charge in [-0.25, -0.2) is 0 Å². The van der Waals surface area contributed by atoms with Crippen molar-refractivity contribution in [1.82, 2.24) is 0 Å². The van der Waals surface area contributed by atoms with Gasteiger partial charge < -0.3 is 8.83 Å². The fourth-order valence-electron chi connectivity index (χ4n) is 2.69. The first kappa shape index (κ1) is 18.5. The van der Waals surface area contributed by atoms with Crippen molar-refractivity contribution in [1.29, 1.82) is 0 Å². The van der Waals surface area contributed by atoms with Gasteiger partial charge >= 0.3 is 0 Å². The Hall–Kier alpha value is -2.82. The van der Waals surface area contributed by atoms with Crippen LogP contribution in [0.5, 0.6) is 0 Å². The first-order valence-corrected chi connectivity index (χ1v) is 9.69. The van der Waals surface area contributed by atoms with Gasteiger partial charge in [0.05, 0.1) is 0 Å². The molecule has 28 heavy (non-hydrogen) atoms. The average Bonchev–Trinajstić information content (AvgIpc) is 3.37. The Bertz CT molecular complexity index is 1140. The molecule has 138 valence electrons. The van der Waals surface area contributed by atoms with Crippen molar-refractivity contribution in [3.05, 3.63) is 99.9 Å². The average molecular weight is 454 g/mol. The zero-order valence-corrected chi connectivity index (χ0v) is 16.9. The molecular weight excluding hydrogens is 440 g/mol. The summed E-state index contributed by atoms with van der Waals surface area (Å²) in [4.78, 5) is 12.4. The van der Waals surface area contributed by atoms with Gasteiger partial charge in [-0.05, 0) is 72.8 Å². The topological polar surface area (TPSA) is 43.4 Å². The minimum atomic E-state index is -0.234. The number of rotatable bonds is 5. The van der Waals surface area contributed by atoms with Crippen LogP contribution in [0.3, 0.4) is 0 Å². The molecule has 0 fully saturated rings. The van der Waals surface area contributed by atoms with Gasteiger partial charge in [0.15, 0.2) is 5.76 Å². The first-order chi connectivity index (χ1) is 13.6. The van der Waals surface area contributed by atoms with E-state index in [0.717, 1.165) is 21.4 Å². The van der Waals surface area contributed by atoms with Crippen LogP contribution in [0, 0.1) is 0 Å². The molecule has 0 unspecified atom stereocenters. The molecule has 2 aromatic carbocycles. The predicted molar refractivity (Wildman–Crippen MR) is 114 cm³/mol. The molecular formula is C23H14BrClO3. The monoisotopic (exact) mass is 452 g/mol. The summed E-state index contributed by atoms with van der Waals surface area (Å²) in [5.74, 6) is 1.98. The molecule has 0 atom stereocenters. The molecule has 2 heterocycles. The van der Waals surface area contributed by atoms with Crippen molar-refractivity contribution < 1.29 is 13.6 Å². The van der Waals surface area contributed by atoms with E-state index in [1.807, 2.05) is 48.5 Å². The van der Waals surface area contributed by atoms with Crippen LogP contribution in [0.25, 0.3) is 28.7 Å². The van der Waals surface area contributed by atoms with E-state index in [-0.39, 0.29) is 11.5 Å². The lowest BCUT2D eigenvalue weighted by atomic mass is 10.2. The lowest BCUT2D eigenvalue weighted by Gasteiger charge is -1.97. The second-order valence-electron chi connectivity index (χ2n) is 6.08. The van der Waals surface area contributed by atoms with E-state index in [1.54, 1.807) is 30.3 Å². The summed E-state index contributed by atoms with van der Waals surface area (Å²) in [6.45, 7) is 0. The Labute approximate surface area is 175 Å². The van der Waals surface area contributed by atoms with Crippen LogP contribution in [-0.4, -0.2) is 5.78 Å². The van der Waals surface area contributed by atoms with Crippen LogP contribution in [0.2, 0.25) is 5.02 Å². The van der Waals surface area contributed by atoms with Crippen molar-refractivity contribution in [2.24, 2.45) is 0 Å². The molecule has 0 aliphatic heterocycles. The summed E-state index contributed by atoms with van der Waals surface area (Å²) in [5.41, 5.74) is 1.82. The van der Waals surface area contributed by atoms with E-state index in [4.69, 9.17) is 20.4 Å². The second kappa shape index (κ2) is 8.05. The van der Waals surface area contributed by atoms with Crippen LogP contribution < -0.4 is 0 Å². The first-order valence-electron chi connectivity index (χ1n) is 8.52. The minimum Gasteiger partial charge on any atom is -0.457 e. The predicted octanol–water partition coefficient (Wildman–Crippen LogP) is 7.52. The van der Waals surface area contributed by atoms with E-state index in [0.29, 0.717) is 16.5 Å². The third-order valence-corrected chi connectivity index (χ3v) is 4.91. The molecule has 2 aromatic heterocycles. The summed E-state index contributed by atoms with van der Waals surface area (Å²) in [5, 5.41) is 0.649. The van der Waals surface area contributed by atoms with Crippen molar-refractivity contribution in [3.63, 3.8) is 0 Å².